The first-order chi connectivity index (χ1) is 10.7. The number of nitro groups is 1. The minimum atomic E-state index is -0.344. The van der Waals surface area contributed by atoms with Gasteiger partial charge in [-0.25, -0.2) is 0 Å². The van der Waals surface area contributed by atoms with Gasteiger partial charge in [0.1, 0.15) is 5.69 Å². The molecule has 1 heterocycles. The second-order valence-electron chi connectivity index (χ2n) is 5.08. The fourth-order valence-electron chi connectivity index (χ4n) is 2.40. The van der Waals surface area contributed by atoms with Crippen molar-refractivity contribution in [1.82, 2.24) is 0 Å². The third-order valence-electron chi connectivity index (χ3n) is 3.53. The highest BCUT2D eigenvalue weighted by atomic mass is 16.6. The first-order valence-electron chi connectivity index (χ1n) is 7.50. The molecule has 0 radical (unpaired) electrons. The Kier molecular flexibility index (Phi) is 6.38. The zero-order chi connectivity index (χ0) is 15.8. The Morgan fingerprint density at radius 3 is 2.82 bits per heavy atom. The first kappa shape index (κ1) is 16.5. The first-order valence-corrected chi connectivity index (χ1v) is 7.50. The number of ether oxygens (including phenoxy) is 1. The van der Waals surface area contributed by atoms with Crippen molar-refractivity contribution < 1.29 is 20.1 Å². The molecule has 0 aliphatic carbocycles. The van der Waals surface area contributed by atoms with E-state index in [1.165, 1.54) is 0 Å². The maximum atomic E-state index is 11.2. The summed E-state index contributed by atoms with van der Waals surface area (Å²) in [6.07, 6.45) is 0. The summed E-state index contributed by atoms with van der Waals surface area (Å²) in [7, 11) is 0. The number of morpholine rings is 1. The van der Waals surface area contributed by atoms with E-state index in [4.69, 9.17) is 9.84 Å². The Morgan fingerprint density at radius 2 is 2.14 bits per heavy atom. The number of quaternary nitrogens is 1. The molecular weight excluding hydrogens is 288 g/mol. The monoisotopic (exact) mass is 311 g/mol. The number of nitrogens with zero attached hydrogens (tertiary/aromatic N) is 2. The van der Waals surface area contributed by atoms with E-state index in [1.54, 1.807) is 12.1 Å². The summed E-state index contributed by atoms with van der Waals surface area (Å²) < 4.78 is 5.30. The highest BCUT2D eigenvalue weighted by Crippen LogP contribution is 2.31. The molecule has 8 heteroatoms. The number of anilines is 2. The van der Waals surface area contributed by atoms with Crippen LogP contribution in [-0.4, -0.2) is 62.6 Å². The second-order valence-corrected chi connectivity index (χ2v) is 5.08. The number of aliphatic hydroxyl groups is 1. The van der Waals surface area contributed by atoms with Gasteiger partial charge in [-0.2, -0.15) is 0 Å². The zero-order valence-corrected chi connectivity index (χ0v) is 12.5. The summed E-state index contributed by atoms with van der Waals surface area (Å²) in [5, 5.41) is 25.2. The molecule has 1 aliphatic heterocycles. The van der Waals surface area contributed by atoms with Gasteiger partial charge in [0.25, 0.3) is 5.69 Å². The molecule has 2 rings (SSSR count). The van der Waals surface area contributed by atoms with Crippen LogP contribution in [0.5, 0.6) is 0 Å². The van der Waals surface area contributed by atoms with Crippen LogP contribution in [0.25, 0.3) is 0 Å². The molecule has 122 valence electrons. The van der Waals surface area contributed by atoms with Crippen molar-refractivity contribution in [3.8, 4) is 0 Å². The van der Waals surface area contributed by atoms with Gasteiger partial charge in [0.05, 0.1) is 44.4 Å². The summed E-state index contributed by atoms with van der Waals surface area (Å²) in [5.74, 6) is 0. The number of hydrogen-bond acceptors (Lipinski definition) is 6. The Labute approximate surface area is 129 Å². The Bertz CT molecular complexity index is 492. The van der Waals surface area contributed by atoms with Gasteiger partial charge in [0, 0.05) is 24.8 Å². The van der Waals surface area contributed by atoms with Crippen molar-refractivity contribution in [1.29, 1.82) is 0 Å². The van der Waals surface area contributed by atoms with E-state index in [0.29, 0.717) is 38.5 Å². The van der Waals surface area contributed by atoms with Gasteiger partial charge in [-0.1, -0.05) is 0 Å². The number of nitro benzene ring substituents is 1. The van der Waals surface area contributed by atoms with Crippen LogP contribution in [0.3, 0.4) is 0 Å². The molecule has 0 bridgehead atoms. The lowest BCUT2D eigenvalue weighted by atomic mass is 10.2. The van der Waals surface area contributed by atoms with Crippen molar-refractivity contribution in [3.05, 3.63) is 28.3 Å². The standard InChI is InChI=1S/C14H22N4O4/c19-8-5-15-3-4-16-12-1-2-13(18(20)21)14(11-12)17-6-9-22-10-7-17/h1-2,11,15-16,19H,3-10H2/p+1. The molecule has 0 spiro atoms. The van der Waals surface area contributed by atoms with E-state index in [2.05, 4.69) is 5.32 Å². The molecule has 0 amide bonds. The number of aliphatic hydroxyl groups excluding tert-OH is 1. The van der Waals surface area contributed by atoms with Gasteiger partial charge in [0.15, 0.2) is 0 Å². The van der Waals surface area contributed by atoms with Crippen molar-refractivity contribution in [2.24, 2.45) is 0 Å². The van der Waals surface area contributed by atoms with Gasteiger partial charge in [-0.15, -0.1) is 0 Å². The average molecular weight is 311 g/mol. The van der Waals surface area contributed by atoms with Crippen LogP contribution >= 0.6 is 0 Å². The number of rotatable bonds is 8. The quantitative estimate of drug-likeness (QED) is 0.336. The Balaban J connectivity index is 2.04. The molecule has 1 fully saturated rings. The predicted octanol–water partition coefficient (Wildman–Crippen LogP) is -0.601. The molecule has 1 aliphatic rings. The van der Waals surface area contributed by atoms with Crippen LogP contribution in [0.1, 0.15) is 0 Å². The molecule has 0 unspecified atom stereocenters. The largest absolute Gasteiger partial charge is 0.391 e. The van der Waals surface area contributed by atoms with E-state index in [9.17, 15) is 10.1 Å². The lowest BCUT2D eigenvalue weighted by molar-refractivity contribution is -0.653. The number of nitrogens with one attached hydrogen (secondary N) is 1. The molecule has 4 N–H and O–H groups in total. The summed E-state index contributed by atoms with van der Waals surface area (Å²) >= 11 is 0. The van der Waals surface area contributed by atoms with Crippen LogP contribution in [0.2, 0.25) is 0 Å². The number of hydrogen-bond donors (Lipinski definition) is 3. The highest BCUT2D eigenvalue weighted by molar-refractivity contribution is 5.70. The molecule has 8 nitrogen and oxygen atoms in total. The molecule has 0 aromatic heterocycles. The van der Waals surface area contributed by atoms with E-state index in [0.717, 1.165) is 18.8 Å². The minimum absolute atomic E-state index is 0.124. The second kappa shape index (κ2) is 8.52. The highest BCUT2D eigenvalue weighted by Gasteiger charge is 2.21. The van der Waals surface area contributed by atoms with Crippen LogP contribution in [0, 0.1) is 10.1 Å². The predicted molar refractivity (Wildman–Crippen MR) is 83.4 cm³/mol. The molecule has 1 aromatic carbocycles. The molecule has 0 saturated carbocycles. The summed E-state index contributed by atoms with van der Waals surface area (Å²) in [5.41, 5.74) is 1.63. The maximum absolute atomic E-state index is 11.2. The molecule has 1 saturated heterocycles. The maximum Gasteiger partial charge on any atom is 0.292 e. The van der Waals surface area contributed by atoms with E-state index in [1.807, 2.05) is 16.3 Å². The summed E-state index contributed by atoms with van der Waals surface area (Å²) in [4.78, 5) is 12.9. The van der Waals surface area contributed by atoms with Gasteiger partial charge in [-0.05, 0) is 12.1 Å². The van der Waals surface area contributed by atoms with Crippen molar-refractivity contribution in [2.75, 3.05) is 62.8 Å². The van der Waals surface area contributed by atoms with Crippen LogP contribution in [0.4, 0.5) is 17.1 Å². The third-order valence-corrected chi connectivity index (χ3v) is 3.53. The molecule has 1 aromatic rings. The van der Waals surface area contributed by atoms with Gasteiger partial charge < -0.3 is 25.4 Å². The van der Waals surface area contributed by atoms with E-state index in [-0.39, 0.29) is 17.2 Å². The van der Waals surface area contributed by atoms with E-state index >= 15 is 0 Å². The average Bonchev–Trinajstić information content (AvgIpc) is 2.55. The summed E-state index contributed by atoms with van der Waals surface area (Å²) in [6.45, 7) is 4.92. The van der Waals surface area contributed by atoms with Crippen LogP contribution in [0.15, 0.2) is 18.2 Å². The topological polar surface area (TPSA) is 104 Å². The smallest absolute Gasteiger partial charge is 0.292 e. The van der Waals surface area contributed by atoms with Crippen LogP contribution in [-0.2, 0) is 4.74 Å². The van der Waals surface area contributed by atoms with Crippen molar-refractivity contribution in [3.63, 3.8) is 0 Å². The van der Waals surface area contributed by atoms with Gasteiger partial charge >= 0.3 is 0 Å². The number of benzene rings is 1. The Morgan fingerprint density at radius 1 is 1.36 bits per heavy atom. The van der Waals surface area contributed by atoms with Crippen molar-refractivity contribution >= 4 is 17.1 Å². The minimum Gasteiger partial charge on any atom is -0.391 e. The molecule has 22 heavy (non-hydrogen) atoms. The third kappa shape index (κ3) is 4.55. The molecular formula is C14H23N4O4+. The SMILES string of the molecule is O=[N+]([O-])c1ccc(NCC[NH2+]CCO)cc1N1CCOCC1. The fourth-order valence-corrected chi connectivity index (χ4v) is 2.40. The van der Waals surface area contributed by atoms with Crippen molar-refractivity contribution in [2.45, 2.75) is 0 Å². The molecule has 0 atom stereocenters. The normalized spacial score (nSPS) is 14.9. The number of nitrogens with two attached hydrogens (primary N) is 1. The zero-order valence-electron chi connectivity index (χ0n) is 12.5. The lowest BCUT2D eigenvalue weighted by Crippen LogP contribution is -2.86. The summed E-state index contributed by atoms with van der Waals surface area (Å²) in [6, 6.07) is 5.11. The Hall–Kier alpha value is -1.90. The fraction of sp³-hybridized carbons (Fsp3) is 0.571. The van der Waals surface area contributed by atoms with Gasteiger partial charge in [0.2, 0.25) is 0 Å². The van der Waals surface area contributed by atoms with E-state index < -0.39 is 0 Å². The lowest BCUT2D eigenvalue weighted by Gasteiger charge is -2.28. The van der Waals surface area contributed by atoms with Crippen LogP contribution < -0.4 is 15.5 Å². The van der Waals surface area contributed by atoms with Gasteiger partial charge in [-0.3, -0.25) is 10.1 Å².